The van der Waals surface area contributed by atoms with Crippen molar-refractivity contribution in [2.45, 2.75) is 19.3 Å². The standard InChI is InChI=1S/C18H15ClN4/c1-18(2)14-9-13(19)6-7-15(14)22-17(18)12-10-21-23(11-12)16-5-3-4-8-20-16/h3-11H,1-2H3. The minimum atomic E-state index is -0.210. The van der Waals surface area contributed by atoms with Crippen LogP contribution >= 0.6 is 11.6 Å². The van der Waals surface area contributed by atoms with Gasteiger partial charge in [-0.05, 0) is 35.9 Å². The Balaban J connectivity index is 1.77. The molecule has 23 heavy (non-hydrogen) atoms. The molecule has 5 heteroatoms. The van der Waals surface area contributed by atoms with Crippen LogP contribution in [0.1, 0.15) is 25.0 Å². The average molecular weight is 323 g/mol. The number of benzene rings is 1. The van der Waals surface area contributed by atoms with Gasteiger partial charge in [0.15, 0.2) is 5.82 Å². The van der Waals surface area contributed by atoms with Gasteiger partial charge in [0.05, 0.1) is 17.6 Å². The van der Waals surface area contributed by atoms with E-state index in [2.05, 4.69) is 23.9 Å². The zero-order valence-corrected chi connectivity index (χ0v) is 13.6. The van der Waals surface area contributed by atoms with Crippen molar-refractivity contribution < 1.29 is 0 Å². The van der Waals surface area contributed by atoms with E-state index < -0.39 is 0 Å². The molecule has 1 aliphatic rings. The van der Waals surface area contributed by atoms with Crippen LogP contribution in [-0.2, 0) is 5.41 Å². The Hall–Kier alpha value is -2.46. The molecule has 0 saturated heterocycles. The molecule has 114 valence electrons. The highest BCUT2D eigenvalue weighted by Crippen LogP contribution is 2.42. The van der Waals surface area contributed by atoms with Crippen molar-refractivity contribution in [3.8, 4) is 5.82 Å². The largest absolute Gasteiger partial charge is 0.251 e. The lowest BCUT2D eigenvalue weighted by atomic mass is 9.80. The van der Waals surface area contributed by atoms with Gasteiger partial charge in [0.2, 0.25) is 0 Å². The van der Waals surface area contributed by atoms with Crippen molar-refractivity contribution in [2.24, 2.45) is 4.99 Å². The van der Waals surface area contributed by atoms with E-state index in [1.807, 2.05) is 48.8 Å². The summed E-state index contributed by atoms with van der Waals surface area (Å²) in [6, 6.07) is 11.6. The van der Waals surface area contributed by atoms with Crippen LogP contribution in [0, 0.1) is 0 Å². The second kappa shape index (κ2) is 5.03. The fraction of sp³-hybridized carbons (Fsp3) is 0.167. The van der Waals surface area contributed by atoms with Crippen LogP contribution < -0.4 is 0 Å². The maximum Gasteiger partial charge on any atom is 0.153 e. The number of hydrogen-bond acceptors (Lipinski definition) is 3. The first-order valence-electron chi connectivity index (χ1n) is 7.41. The van der Waals surface area contributed by atoms with Crippen molar-refractivity contribution >= 4 is 23.0 Å². The molecule has 3 aromatic rings. The summed E-state index contributed by atoms with van der Waals surface area (Å²) in [6.45, 7) is 4.32. The van der Waals surface area contributed by atoms with Gasteiger partial charge >= 0.3 is 0 Å². The SMILES string of the molecule is CC1(C)C(c2cnn(-c3ccccn3)c2)=Nc2ccc(Cl)cc21. The molecule has 0 N–H and O–H groups in total. The van der Waals surface area contributed by atoms with Crippen LogP contribution in [0.15, 0.2) is 60.0 Å². The molecule has 3 heterocycles. The summed E-state index contributed by atoms with van der Waals surface area (Å²) in [5.74, 6) is 0.788. The highest BCUT2D eigenvalue weighted by Gasteiger charge is 2.36. The Labute approximate surface area is 139 Å². The Bertz CT molecular complexity index is 910. The molecular formula is C18H15ClN4. The van der Waals surface area contributed by atoms with Crippen LogP contribution in [0.25, 0.3) is 5.82 Å². The first kappa shape index (κ1) is 14.2. The van der Waals surface area contributed by atoms with Crippen molar-refractivity contribution in [3.63, 3.8) is 0 Å². The molecule has 2 aromatic heterocycles. The van der Waals surface area contributed by atoms with E-state index in [0.717, 1.165) is 33.4 Å². The van der Waals surface area contributed by atoms with Crippen molar-refractivity contribution in [2.75, 3.05) is 0 Å². The zero-order chi connectivity index (χ0) is 16.0. The first-order valence-corrected chi connectivity index (χ1v) is 7.79. The van der Waals surface area contributed by atoms with Gasteiger partial charge in [-0.15, -0.1) is 0 Å². The number of nitrogens with zero attached hydrogens (tertiary/aromatic N) is 4. The second-order valence-corrected chi connectivity index (χ2v) is 6.54. The van der Waals surface area contributed by atoms with Gasteiger partial charge in [-0.2, -0.15) is 5.10 Å². The van der Waals surface area contributed by atoms with E-state index in [1.165, 1.54) is 0 Å². The van der Waals surface area contributed by atoms with Gasteiger partial charge in [0, 0.05) is 28.4 Å². The number of hydrogen-bond donors (Lipinski definition) is 0. The monoisotopic (exact) mass is 322 g/mol. The lowest BCUT2D eigenvalue weighted by molar-refractivity contribution is 0.737. The van der Waals surface area contributed by atoms with E-state index in [4.69, 9.17) is 16.6 Å². The summed E-state index contributed by atoms with van der Waals surface area (Å²) in [4.78, 5) is 9.13. The summed E-state index contributed by atoms with van der Waals surface area (Å²) in [6.07, 6.45) is 5.56. The molecule has 1 aromatic carbocycles. The van der Waals surface area contributed by atoms with Gasteiger partial charge in [-0.1, -0.05) is 31.5 Å². The van der Waals surface area contributed by atoms with E-state index in [9.17, 15) is 0 Å². The van der Waals surface area contributed by atoms with Crippen molar-refractivity contribution in [1.82, 2.24) is 14.8 Å². The van der Waals surface area contributed by atoms with Crippen LogP contribution in [-0.4, -0.2) is 20.5 Å². The number of rotatable bonds is 2. The van der Waals surface area contributed by atoms with Crippen LogP contribution in [0.4, 0.5) is 5.69 Å². The van der Waals surface area contributed by atoms with Crippen LogP contribution in [0.2, 0.25) is 5.02 Å². The second-order valence-electron chi connectivity index (χ2n) is 6.11. The summed E-state index contributed by atoms with van der Waals surface area (Å²) in [5.41, 5.74) is 3.90. The third kappa shape index (κ3) is 2.26. The fourth-order valence-electron chi connectivity index (χ4n) is 2.98. The number of halogens is 1. The minimum Gasteiger partial charge on any atom is -0.251 e. The lowest BCUT2D eigenvalue weighted by Crippen LogP contribution is -2.26. The molecule has 0 radical (unpaired) electrons. The van der Waals surface area contributed by atoms with Crippen LogP contribution in [0.5, 0.6) is 0 Å². The number of pyridine rings is 1. The number of aromatic nitrogens is 3. The Morgan fingerprint density at radius 2 is 2.00 bits per heavy atom. The summed E-state index contributed by atoms with van der Waals surface area (Å²) >= 11 is 6.15. The molecular weight excluding hydrogens is 308 g/mol. The molecule has 0 unspecified atom stereocenters. The molecule has 0 aliphatic carbocycles. The predicted molar refractivity (Wildman–Crippen MR) is 92.0 cm³/mol. The molecule has 4 nitrogen and oxygen atoms in total. The molecule has 0 atom stereocenters. The number of fused-ring (bicyclic) bond motifs is 1. The zero-order valence-electron chi connectivity index (χ0n) is 12.9. The Morgan fingerprint density at radius 1 is 1.13 bits per heavy atom. The van der Waals surface area contributed by atoms with E-state index in [1.54, 1.807) is 10.9 Å². The van der Waals surface area contributed by atoms with Gasteiger partial charge < -0.3 is 0 Å². The maximum atomic E-state index is 6.15. The normalized spacial score (nSPS) is 15.3. The molecule has 4 rings (SSSR count). The third-order valence-electron chi connectivity index (χ3n) is 4.20. The highest BCUT2D eigenvalue weighted by atomic mass is 35.5. The summed E-state index contributed by atoms with van der Waals surface area (Å²) in [5, 5.41) is 5.16. The Kier molecular flexibility index (Phi) is 3.10. The highest BCUT2D eigenvalue weighted by molar-refractivity contribution is 6.31. The quantitative estimate of drug-likeness (QED) is 0.704. The number of aliphatic imine (C=N–C) groups is 1. The molecule has 1 aliphatic heterocycles. The van der Waals surface area contributed by atoms with Crippen molar-refractivity contribution in [1.29, 1.82) is 0 Å². The van der Waals surface area contributed by atoms with Crippen molar-refractivity contribution in [3.05, 3.63) is 71.1 Å². The molecule has 0 bridgehead atoms. The summed E-state index contributed by atoms with van der Waals surface area (Å²) < 4.78 is 1.77. The van der Waals surface area contributed by atoms with Gasteiger partial charge in [0.1, 0.15) is 0 Å². The Morgan fingerprint density at radius 3 is 2.78 bits per heavy atom. The minimum absolute atomic E-state index is 0.210. The van der Waals surface area contributed by atoms with Gasteiger partial charge in [0.25, 0.3) is 0 Å². The smallest absolute Gasteiger partial charge is 0.153 e. The summed E-state index contributed by atoms with van der Waals surface area (Å²) in [7, 11) is 0. The predicted octanol–water partition coefficient (Wildman–Crippen LogP) is 4.33. The van der Waals surface area contributed by atoms with E-state index in [0.29, 0.717) is 0 Å². The van der Waals surface area contributed by atoms with E-state index >= 15 is 0 Å². The van der Waals surface area contributed by atoms with Gasteiger partial charge in [-0.25, -0.2) is 9.67 Å². The molecule has 0 saturated carbocycles. The topological polar surface area (TPSA) is 43.1 Å². The molecule has 0 fully saturated rings. The fourth-order valence-corrected chi connectivity index (χ4v) is 3.15. The van der Waals surface area contributed by atoms with Gasteiger partial charge in [-0.3, -0.25) is 4.99 Å². The molecule has 0 amide bonds. The lowest BCUT2D eigenvalue weighted by Gasteiger charge is -2.21. The van der Waals surface area contributed by atoms with E-state index in [-0.39, 0.29) is 5.41 Å². The maximum absolute atomic E-state index is 6.15. The molecule has 0 spiro atoms. The van der Waals surface area contributed by atoms with Crippen LogP contribution in [0.3, 0.4) is 0 Å². The third-order valence-corrected chi connectivity index (χ3v) is 4.43. The first-order chi connectivity index (χ1) is 11.1. The average Bonchev–Trinajstić information content (AvgIpc) is 3.12.